The molecule has 11 heteroatoms. The van der Waals surface area contributed by atoms with Gasteiger partial charge in [-0.25, -0.2) is 0 Å². The second-order valence-electron chi connectivity index (χ2n) is 8.74. The third kappa shape index (κ3) is 8.29. The number of nitro benzene ring substituents is 1. The van der Waals surface area contributed by atoms with E-state index < -0.39 is 16.7 Å². The topological polar surface area (TPSA) is 140 Å². The summed E-state index contributed by atoms with van der Waals surface area (Å²) in [6.45, 7) is 0. The van der Waals surface area contributed by atoms with Gasteiger partial charge in [-0.1, -0.05) is 30.3 Å². The van der Waals surface area contributed by atoms with Gasteiger partial charge in [0.2, 0.25) is 5.91 Å². The first-order valence-electron chi connectivity index (χ1n) is 12.6. The minimum absolute atomic E-state index is 0.153. The smallest absolute Gasteiger partial charge is 0.276 e. The molecule has 0 unspecified atom stereocenters. The highest BCUT2D eigenvalue weighted by Crippen LogP contribution is 2.23. The molecule has 10 nitrogen and oxygen atoms in total. The lowest BCUT2D eigenvalue weighted by Crippen LogP contribution is -2.30. The maximum Gasteiger partial charge on any atom is 0.276 e. The summed E-state index contributed by atoms with van der Waals surface area (Å²) < 4.78 is 5.11. The normalized spacial score (nSPS) is 10.8. The first-order valence-corrected chi connectivity index (χ1v) is 13.6. The molecule has 0 aromatic heterocycles. The molecule has 42 heavy (non-hydrogen) atoms. The van der Waals surface area contributed by atoms with E-state index in [0.717, 1.165) is 4.90 Å². The molecule has 4 rings (SSSR count). The zero-order valence-corrected chi connectivity index (χ0v) is 23.2. The number of carbonyl (C=O) groups excluding carboxylic acids is 3. The number of hydrogen-bond acceptors (Lipinski definition) is 7. The summed E-state index contributed by atoms with van der Waals surface area (Å²) in [5, 5.41) is 19.6. The Balaban J connectivity index is 1.43. The monoisotopic (exact) mass is 582 g/mol. The van der Waals surface area contributed by atoms with Crippen molar-refractivity contribution in [3.63, 3.8) is 0 Å². The van der Waals surface area contributed by atoms with Crippen molar-refractivity contribution < 1.29 is 24.0 Å². The highest BCUT2D eigenvalue weighted by molar-refractivity contribution is 8.00. The summed E-state index contributed by atoms with van der Waals surface area (Å²) in [5.41, 5.74) is 1.16. The number of thioether (sulfide) groups is 1. The van der Waals surface area contributed by atoms with Gasteiger partial charge >= 0.3 is 0 Å². The molecule has 0 aliphatic heterocycles. The maximum absolute atomic E-state index is 13.2. The Bertz CT molecular complexity index is 1610. The van der Waals surface area contributed by atoms with Crippen molar-refractivity contribution in [3.05, 3.63) is 130 Å². The van der Waals surface area contributed by atoms with Gasteiger partial charge in [0.1, 0.15) is 11.4 Å². The van der Waals surface area contributed by atoms with Crippen LogP contribution in [0.5, 0.6) is 5.75 Å². The van der Waals surface area contributed by atoms with Crippen molar-refractivity contribution in [2.24, 2.45) is 0 Å². The molecule has 0 heterocycles. The summed E-state index contributed by atoms with van der Waals surface area (Å²) in [5.74, 6) is -0.531. The largest absolute Gasteiger partial charge is 0.497 e. The van der Waals surface area contributed by atoms with Crippen LogP contribution in [0.1, 0.15) is 15.9 Å². The molecule has 0 atom stereocenters. The molecule has 0 fully saturated rings. The van der Waals surface area contributed by atoms with Crippen molar-refractivity contribution in [1.29, 1.82) is 0 Å². The van der Waals surface area contributed by atoms with E-state index >= 15 is 0 Å². The average molecular weight is 583 g/mol. The van der Waals surface area contributed by atoms with E-state index in [1.807, 2.05) is 0 Å². The van der Waals surface area contributed by atoms with Crippen LogP contribution in [0.4, 0.5) is 17.1 Å². The number of anilines is 2. The number of methoxy groups -OCH3 is 1. The van der Waals surface area contributed by atoms with Crippen molar-refractivity contribution >= 4 is 52.6 Å². The highest BCUT2D eigenvalue weighted by atomic mass is 32.2. The highest BCUT2D eigenvalue weighted by Gasteiger charge is 2.18. The molecule has 3 N–H and O–H groups in total. The second kappa shape index (κ2) is 14.3. The predicted octanol–water partition coefficient (Wildman–Crippen LogP) is 5.74. The molecular formula is C31H26N4O6S. The lowest BCUT2D eigenvalue weighted by molar-refractivity contribution is -0.385. The van der Waals surface area contributed by atoms with E-state index in [1.165, 1.54) is 36.0 Å². The molecule has 0 aliphatic carbocycles. The molecule has 3 amide bonds. The molecule has 0 saturated heterocycles. The standard InChI is InChI=1S/C31H26N4O6S/c1-41-25-15-11-23(12-16-25)32-29(36)20-42-26-17-13-24(14-18-26)33-31(38)27(34-30(37)21-7-3-2-4-8-21)19-22-9-5-6-10-28(22)35(39)40/h2-19H,20H2,1H3,(H,32,36)(H,33,38)(H,34,37)/b27-19-. The Hall–Kier alpha value is -5.42. The lowest BCUT2D eigenvalue weighted by atomic mass is 10.1. The number of nitrogens with zero attached hydrogens (tertiary/aromatic N) is 1. The van der Waals surface area contributed by atoms with Crippen LogP contribution in [0, 0.1) is 10.1 Å². The summed E-state index contributed by atoms with van der Waals surface area (Å²) >= 11 is 1.32. The summed E-state index contributed by atoms with van der Waals surface area (Å²) in [6, 6.07) is 28.0. The number of rotatable bonds is 11. The first-order chi connectivity index (χ1) is 20.3. The summed E-state index contributed by atoms with van der Waals surface area (Å²) in [7, 11) is 1.57. The molecule has 0 spiro atoms. The molecule has 4 aromatic rings. The number of hydrogen-bond donors (Lipinski definition) is 3. The third-order valence-electron chi connectivity index (χ3n) is 5.82. The number of ether oxygens (including phenoxy) is 1. The number of carbonyl (C=O) groups is 3. The SMILES string of the molecule is COc1ccc(NC(=O)CSc2ccc(NC(=O)/C(=C/c3ccccc3[N+](=O)[O-])NC(=O)c3ccccc3)cc2)cc1. The second-order valence-corrected chi connectivity index (χ2v) is 9.79. The van der Waals surface area contributed by atoms with Crippen molar-refractivity contribution in [2.45, 2.75) is 4.90 Å². The number of nitro groups is 1. The van der Waals surface area contributed by atoms with E-state index in [4.69, 9.17) is 4.74 Å². The van der Waals surface area contributed by atoms with Gasteiger partial charge in [0, 0.05) is 27.9 Å². The maximum atomic E-state index is 13.2. The van der Waals surface area contributed by atoms with Crippen LogP contribution in [0.2, 0.25) is 0 Å². The van der Waals surface area contributed by atoms with Crippen molar-refractivity contribution in [2.75, 3.05) is 23.5 Å². The summed E-state index contributed by atoms with van der Waals surface area (Å²) in [4.78, 5) is 50.2. The molecule has 0 radical (unpaired) electrons. The number of benzene rings is 4. The molecule has 0 saturated carbocycles. The Morgan fingerprint density at radius 3 is 2.12 bits per heavy atom. The van der Waals surface area contributed by atoms with Gasteiger partial charge in [-0.15, -0.1) is 11.8 Å². The van der Waals surface area contributed by atoms with Crippen LogP contribution >= 0.6 is 11.8 Å². The minimum atomic E-state index is -0.670. The zero-order valence-electron chi connectivity index (χ0n) is 22.4. The molecule has 4 aromatic carbocycles. The fourth-order valence-corrected chi connectivity index (χ4v) is 4.43. The lowest BCUT2D eigenvalue weighted by Gasteiger charge is -2.12. The fourth-order valence-electron chi connectivity index (χ4n) is 3.73. The van der Waals surface area contributed by atoms with E-state index in [1.54, 1.807) is 92.0 Å². The van der Waals surface area contributed by atoms with Crippen molar-refractivity contribution in [3.8, 4) is 5.75 Å². The van der Waals surface area contributed by atoms with Gasteiger partial charge in [0.25, 0.3) is 17.5 Å². The van der Waals surface area contributed by atoms with Gasteiger partial charge in [0.05, 0.1) is 23.3 Å². The number of amides is 3. The van der Waals surface area contributed by atoms with E-state index in [9.17, 15) is 24.5 Å². The molecule has 212 valence electrons. The number of para-hydroxylation sites is 1. The Labute approximate surface area is 245 Å². The molecular weight excluding hydrogens is 556 g/mol. The number of nitrogens with one attached hydrogen (secondary N) is 3. The molecule has 0 aliphatic rings. The predicted molar refractivity (Wildman–Crippen MR) is 162 cm³/mol. The van der Waals surface area contributed by atoms with Crippen molar-refractivity contribution in [1.82, 2.24) is 5.32 Å². The van der Waals surface area contributed by atoms with Gasteiger partial charge in [-0.3, -0.25) is 24.5 Å². The zero-order chi connectivity index (χ0) is 29.9. The first kappa shape index (κ1) is 29.6. The Morgan fingerprint density at radius 2 is 1.45 bits per heavy atom. The summed E-state index contributed by atoms with van der Waals surface area (Å²) in [6.07, 6.45) is 1.26. The van der Waals surface area contributed by atoms with Crippen LogP contribution in [0.25, 0.3) is 6.08 Å². The van der Waals surface area contributed by atoms with Crippen LogP contribution < -0.4 is 20.7 Å². The van der Waals surface area contributed by atoms with Gasteiger partial charge in [-0.2, -0.15) is 0 Å². The van der Waals surface area contributed by atoms with E-state index in [0.29, 0.717) is 22.7 Å². The van der Waals surface area contributed by atoms with Gasteiger partial charge < -0.3 is 20.7 Å². The minimum Gasteiger partial charge on any atom is -0.497 e. The Kier molecular flexibility index (Phi) is 10.1. The van der Waals surface area contributed by atoms with Crippen LogP contribution in [-0.2, 0) is 9.59 Å². The van der Waals surface area contributed by atoms with Crippen LogP contribution in [0.15, 0.2) is 114 Å². The third-order valence-corrected chi connectivity index (χ3v) is 6.83. The van der Waals surface area contributed by atoms with E-state index in [-0.39, 0.29) is 28.6 Å². The average Bonchev–Trinajstić information content (AvgIpc) is 3.01. The van der Waals surface area contributed by atoms with Crippen LogP contribution in [0.3, 0.4) is 0 Å². The molecule has 0 bridgehead atoms. The van der Waals surface area contributed by atoms with Gasteiger partial charge in [0.15, 0.2) is 0 Å². The Morgan fingerprint density at radius 1 is 0.833 bits per heavy atom. The van der Waals surface area contributed by atoms with Gasteiger partial charge in [-0.05, 0) is 72.8 Å². The quantitative estimate of drug-likeness (QED) is 0.0886. The van der Waals surface area contributed by atoms with Crippen LogP contribution in [-0.4, -0.2) is 35.5 Å². The fraction of sp³-hybridized carbons (Fsp3) is 0.0645. The van der Waals surface area contributed by atoms with E-state index in [2.05, 4.69) is 16.0 Å².